The van der Waals surface area contributed by atoms with E-state index in [1.54, 1.807) is 12.1 Å². The Kier molecular flexibility index (Phi) is 4.48. The second kappa shape index (κ2) is 5.23. The summed E-state index contributed by atoms with van der Waals surface area (Å²) in [6.45, 7) is 0. The van der Waals surface area contributed by atoms with E-state index in [9.17, 15) is 8.42 Å². The summed E-state index contributed by atoms with van der Waals surface area (Å²) >= 11 is 4.74. The van der Waals surface area contributed by atoms with Gasteiger partial charge in [0.15, 0.2) is 9.84 Å². The van der Waals surface area contributed by atoms with Crippen molar-refractivity contribution in [3.63, 3.8) is 0 Å². The number of rotatable bonds is 4. The number of benzene rings is 1. The first-order valence-corrected chi connectivity index (χ1v) is 8.08. The second-order valence-corrected chi connectivity index (χ2v) is 6.97. The quantitative estimate of drug-likeness (QED) is 0.866. The third-order valence-corrected chi connectivity index (χ3v) is 5.01. The van der Waals surface area contributed by atoms with Gasteiger partial charge in [-0.2, -0.15) is 11.8 Å². The summed E-state index contributed by atoms with van der Waals surface area (Å²) in [5, 5.41) is 0. The van der Waals surface area contributed by atoms with E-state index >= 15 is 0 Å². The van der Waals surface area contributed by atoms with E-state index < -0.39 is 9.84 Å². The molecule has 0 saturated heterocycles. The topological polar surface area (TPSA) is 60.2 Å². The summed E-state index contributed by atoms with van der Waals surface area (Å²) in [4.78, 5) is 0.222. The summed E-state index contributed by atoms with van der Waals surface area (Å²) in [6, 6.07) is 4.82. The highest BCUT2D eigenvalue weighted by Crippen LogP contribution is 2.23. The predicted molar refractivity (Wildman–Crippen MR) is 69.0 cm³/mol. The maximum atomic E-state index is 11.8. The Morgan fingerprint density at radius 1 is 1.47 bits per heavy atom. The SMILES string of the molecule is CSCCS(=O)(=O)c1ccc(Br)cc1N. The predicted octanol–water partition coefficient (Wildman–Crippen LogP) is 2.17. The molecule has 0 radical (unpaired) electrons. The molecule has 84 valence electrons. The van der Waals surface area contributed by atoms with E-state index in [0.29, 0.717) is 11.4 Å². The van der Waals surface area contributed by atoms with Crippen LogP contribution in [0.2, 0.25) is 0 Å². The van der Waals surface area contributed by atoms with Crippen molar-refractivity contribution in [1.82, 2.24) is 0 Å². The molecule has 1 aromatic rings. The largest absolute Gasteiger partial charge is 0.398 e. The number of hydrogen-bond acceptors (Lipinski definition) is 4. The van der Waals surface area contributed by atoms with Crippen LogP contribution in [0.5, 0.6) is 0 Å². The Labute approximate surface area is 102 Å². The van der Waals surface area contributed by atoms with Gasteiger partial charge >= 0.3 is 0 Å². The van der Waals surface area contributed by atoms with Crippen LogP contribution in [0.3, 0.4) is 0 Å². The van der Waals surface area contributed by atoms with Crippen LogP contribution in [0.1, 0.15) is 0 Å². The molecule has 3 nitrogen and oxygen atoms in total. The molecule has 15 heavy (non-hydrogen) atoms. The van der Waals surface area contributed by atoms with E-state index in [1.165, 1.54) is 17.8 Å². The van der Waals surface area contributed by atoms with Crippen LogP contribution in [-0.4, -0.2) is 26.2 Å². The molecule has 1 rings (SSSR count). The van der Waals surface area contributed by atoms with Crippen LogP contribution in [0.15, 0.2) is 27.6 Å². The number of anilines is 1. The molecule has 1 aromatic carbocycles. The lowest BCUT2D eigenvalue weighted by atomic mass is 10.3. The lowest BCUT2D eigenvalue weighted by molar-refractivity contribution is 0.598. The van der Waals surface area contributed by atoms with Gasteiger partial charge in [-0.15, -0.1) is 0 Å². The van der Waals surface area contributed by atoms with Crippen LogP contribution in [0.25, 0.3) is 0 Å². The molecule has 2 N–H and O–H groups in total. The van der Waals surface area contributed by atoms with Gasteiger partial charge in [0.05, 0.1) is 16.3 Å². The number of nitrogens with two attached hydrogens (primary N) is 1. The lowest BCUT2D eigenvalue weighted by Crippen LogP contribution is -2.11. The van der Waals surface area contributed by atoms with E-state index in [4.69, 9.17) is 5.73 Å². The summed E-state index contributed by atoms with van der Waals surface area (Å²) in [5.41, 5.74) is 5.96. The van der Waals surface area contributed by atoms with Crippen molar-refractivity contribution < 1.29 is 8.42 Å². The van der Waals surface area contributed by atoms with Gasteiger partial charge in [0.1, 0.15) is 0 Å². The van der Waals surface area contributed by atoms with Gasteiger partial charge < -0.3 is 5.73 Å². The van der Waals surface area contributed by atoms with Gasteiger partial charge in [-0.05, 0) is 24.5 Å². The molecule has 0 atom stereocenters. The average molecular weight is 310 g/mol. The number of sulfone groups is 1. The van der Waals surface area contributed by atoms with Crippen LogP contribution in [0, 0.1) is 0 Å². The Bertz CT molecular complexity index is 445. The van der Waals surface area contributed by atoms with Crippen molar-refractivity contribution in [2.24, 2.45) is 0 Å². The Hall–Kier alpha value is -0.200. The zero-order chi connectivity index (χ0) is 11.5. The Balaban J connectivity index is 3.05. The standard InChI is InChI=1S/C9H12BrNO2S2/c1-14-4-5-15(12,13)9-3-2-7(10)6-8(9)11/h2-3,6H,4-5,11H2,1H3. The van der Waals surface area contributed by atoms with Gasteiger partial charge in [0, 0.05) is 10.2 Å². The highest BCUT2D eigenvalue weighted by Gasteiger charge is 2.16. The minimum absolute atomic E-state index is 0.125. The zero-order valence-corrected chi connectivity index (χ0v) is 11.5. The molecule has 0 aliphatic heterocycles. The average Bonchev–Trinajstić information content (AvgIpc) is 2.14. The van der Waals surface area contributed by atoms with Crippen LogP contribution in [-0.2, 0) is 9.84 Å². The number of thioether (sulfide) groups is 1. The van der Waals surface area contributed by atoms with E-state index in [2.05, 4.69) is 15.9 Å². The van der Waals surface area contributed by atoms with Crippen molar-refractivity contribution in [3.05, 3.63) is 22.7 Å². The fraction of sp³-hybridized carbons (Fsp3) is 0.333. The van der Waals surface area contributed by atoms with E-state index in [1.807, 2.05) is 6.26 Å². The molecule has 0 bridgehead atoms. The number of nitrogen functional groups attached to an aromatic ring is 1. The molecular weight excluding hydrogens is 298 g/mol. The minimum Gasteiger partial charge on any atom is -0.398 e. The molecule has 0 aliphatic rings. The van der Waals surface area contributed by atoms with Crippen molar-refractivity contribution >= 4 is 43.2 Å². The summed E-state index contributed by atoms with van der Waals surface area (Å²) in [7, 11) is -3.24. The first-order valence-electron chi connectivity index (χ1n) is 4.24. The van der Waals surface area contributed by atoms with Gasteiger partial charge in [-0.25, -0.2) is 8.42 Å². The third kappa shape index (κ3) is 3.39. The maximum Gasteiger partial charge on any atom is 0.181 e. The molecule has 6 heteroatoms. The van der Waals surface area contributed by atoms with Crippen LogP contribution < -0.4 is 5.73 Å². The normalized spacial score (nSPS) is 11.6. The first-order chi connectivity index (χ1) is 6.97. The molecule has 0 fully saturated rings. The highest BCUT2D eigenvalue weighted by molar-refractivity contribution is 9.10. The van der Waals surface area contributed by atoms with Gasteiger partial charge in [-0.1, -0.05) is 15.9 Å². The van der Waals surface area contributed by atoms with E-state index in [-0.39, 0.29) is 10.6 Å². The van der Waals surface area contributed by atoms with Gasteiger partial charge in [0.2, 0.25) is 0 Å². The molecule has 0 amide bonds. The Morgan fingerprint density at radius 3 is 2.67 bits per heavy atom. The number of hydrogen-bond donors (Lipinski definition) is 1. The van der Waals surface area contributed by atoms with Gasteiger partial charge in [0.25, 0.3) is 0 Å². The second-order valence-electron chi connectivity index (χ2n) is 2.99. The molecule has 0 unspecified atom stereocenters. The summed E-state index contributed by atoms with van der Waals surface area (Å²) in [5.74, 6) is 0.706. The van der Waals surface area contributed by atoms with Crippen molar-refractivity contribution in [2.75, 3.05) is 23.5 Å². The molecule has 0 spiro atoms. The van der Waals surface area contributed by atoms with Crippen molar-refractivity contribution in [1.29, 1.82) is 0 Å². The third-order valence-electron chi connectivity index (χ3n) is 1.86. The maximum absolute atomic E-state index is 11.8. The van der Waals surface area contributed by atoms with Crippen molar-refractivity contribution in [2.45, 2.75) is 4.90 Å². The minimum atomic E-state index is -3.24. The Morgan fingerprint density at radius 2 is 2.13 bits per heavy atom. The van der Waals surface area contributed by atoms with Crippen molar-refractivity contribution in [3.8, 4) is 0 Å². The number of halogens is 1. The molecule has 0 aromatic heterocycles. The van der Waals surface area contributed by atoms with Crippen LogP contribution >= 0.6 is 27.7 Å². The fourth-order valence-corrected chi connectivity index (χ4v) is 3.94. The smallest absolute Gasteiger partial charge is 0.181 e. The first kappa shape index (κ1) is 12.9. The summed E-state index contributed by atoms with van der Waals surface area (Å²) < 4.78 is 24.4. The highest BCUT2D eigenvalue weighted by atomic mass is 79.9. The summed E-state index contributed by atoms with van der Waals surface area (Å²) in [6.07, 6.45) is 1.88. The molecule has 0 heterocycles. The van der Waals surface area contributed by atoms with E-state index in [0.717, 1.165) is 4.47 Å². The lowest BCUT2D eigenvalue weighted by Gasteiger charge is -2.06. The zero-order valence-electron chi connectivity index (χ0n) is 8.23. The van der Waals surface area contributed by atoms with Gasteiger partial charge in [-0.3, -0.25) is 0 Å². The monoisotopic (exact) mass is 309 g/mol. The molecular formula is C9H12BrNO2S2. The van der Waals surface area contributed by atoms with Crippen LogP contribution in [0.4, 0.5) is 5.69 Å². The molecule has 0 saturated carbocycles. The molecule has 0 aliphatic carbocycles. The fourth-order valence-electron chi connectivity index (χ4n) is 1.11.